The fraction of sp³-hybridized carbons (Fsp3) is 0.273. The van der Waals surface area contributed by atoms with Crippen molar-refractivity contribution >= 4 is 40.5 Å². The Balaban J connectivity index is 1.95. The fourth-order valence-corrected chi connectivity index (χ4v) is 4.03. The van der Waals surface area contributed by atoms with E-state index in [1.807, 2.05) is 0 Å². The third kappa shape index (κ3) is 3.20. The lowest BCUT2D eigenvalue weighted by Gasteiger charge is -2.43. The molecule has 1 aliphatic heterocycles. The molecule has 1 heterocycles. The van der Waals surface area contributed by atoms with Crippen molar-refractivity contribution < 1.29 is 35.1 Å². The molecule has 10 heteroatoms. The number of anilines is 2. The van der Waals surface area contributed by atoms with E-state index in [4.69, 9.17) is 24.6 Å². The highest BCUT2D eigenvalue weighted by atomic mass is 32.1. The Kier molecular flexibility index (Phi) is 3.13. The first-order valence-electron chi connectivity index (χ1n) is 13.5. The number of carbonyl (C=O) groups is 2. The monoisotopic (exact) mass is 467 g/mol. The van der Waals surface area contributed by atoms with Gasteiger partial charge in [-0.2, -0.15) is 18.4 Å². The van der Waals surface area contributed by atoms with E-state index in [1.54, 1.807) is 5.32 Å². The predicted octanol–water partition coefficient (Wildman–Crippen LogP) is 4.00. The molecule has 6 nitrogen and oxygen atoms in total. The fourth-order valence-electron chi connectivity index (χ4n) is 3.59. The van der Waals surface area contributed by atoms with Crippen LogP contribution in [0.4, 0.5) is 24.5 Å². The minimum atomic E-state index is -5.21. The zero-order valence-corrected chi connectivity index (χ0v) is 16.7. The number of carbonyl (C=O) groups excluding carboxylic acids is 2. The Morgan fingerprint density at radius 3 is 2.50 bits per heavy atom. The summed E-state index contributed by atoms with van der Waals surface area (Å²) in [5, 5.41) is 10.1. The standard InChI is InChI=1S/C22H17F3N4O2S/c1-27-18(30)13-3-6-15(7-4-13)29-20(32)28(19(31)21(29)9-2-10-21)16-8-5-14(12-26)17(11-16)22(23,24)25/h3-8,11H,2,9-10H2,1H3,(H,27,30)/i1D3,3D,4D,6D,7D,8D,11D. The zero-order valence-electron chi connectivity index (χ0n) is 24.9. The maximum absolute atomic E-state index is 13.8. The van der Waals surface area contributed by atoms with Crippen LogP contribution in [0, 0.1) is 11.3 Å². The number of benzene rings is 2. The van der Waals surface area contributed by atoms with Gasteiger partial charge in [-0.1, -0.05) is 0 Å². The average Bonchev–Trinajstić information content (AvgIpc) is 3.02. The molecule has 164 valence electrons. The molecule has 1 aliphatic carbocycles. The second-order valence-corrected chi connectivity index (χ2v) is 7.35. The molecule has 1 spiro atoms. The summed E-state index contributed by atoms with van der Waals surface area (Å²) in [6.45, 7) is -3.02. The number of nitrogens with one attached hydrogen (secondary N) is 1. The summed E-state index contributed by atoms with van der Waals surface area (Å²) in [5.74, 6) is -2.40. The van der Waals surface area contributed by atoms with E-state index in [0.717, 1.165) is 4.90 Å². The Morgan fingerprint density at radius 2 is 1.97 bits per heavy atom. The van der Waals surface area contributed by atoms with Gasteiger partial charge in [-0.25, -0.2) is 0 Å². The van der Waals surface area contributed by atoms with Gasteiger partial charge in [-0.05, 0) is 73.8 Å². The summed E-state index contributed by atoms with van der Waals surface area (Å²) in [7, 11) is 0. The second-order valence-electron chi connectivity index (χ2n) is 6.98. The Bertz CT molecular complexity index is 1560. The van der Waals surface area contributed by atoms with Crippen LogP contribution < -0.4 is 15.1 Å². The van der Waals surface area contributed by atoms with E-state index in [9.17, 15) is 28.0 Å². The molecule has 1 N–H and O–H groups in total. The van der Waals surface area contributed by atoms with Crippen molar-refractivity contribution in [3.63, 3.8) is 0 Å². The number of hydrogen-bond donors (Lipinski definition) is 1. The van der Waals surface area contributed by atoms with Gasteiger partial charge in [0.25, 0.3) is 11.8 Å². The molecular weight excluding hydrogens is 441 g/mol. The highest BCUT2D eigenvalue weighted by molar-refractivity contribution is 7.81. The highest BCUT2D eigenvalue weighted by Crippen LogP contribution is 2.48. The molecule has 2 fully saturated rings. The molecule has 4 rings (SSSR count). The van der Waals surface area contributed by atoms with E-state index in [2.05, 4.69) is 0 Å². The second kappa shape index (κ2) is 7.60. The number of halogens is 3. The van der Waals surface area contributed by atoms with Gasteiger partial charge in [0.1, 0.15) is 5.54 Å². The van der Waals surface area contributed by atoms with Gasteiger partial charge in [0.2, 0.25) is 0 Å². The summed E-state index contributed by atoms with van der Waals surface area (Å²) in [5.41, 5.74) is -6.81. The van der Waals surface area contributed by atoms with Crippen molar-refractivity contribution in [2.24, 2.45) is 0 Å². The minimum Gasteiger partial charge on any atom is -0.355 e. The quantitative estimate of drug-likeness (QED) is 0.691. The zero-order chi connectivity index (χ0) is 31.0. The Labute approximate surface area is 199 Å². The molecule has 0 atom stereocenters. The molecule has 0 bridgehead atoms. The molecule has 2 aliphatic rings. The molecular formula is C22H17F3N4O2S. The molecule has 1 saturated heterocycles. The van der Waals surface area contributed by atoms with E-state index >= 15 is 0 Å². The van der Waals surface area contributed by atoms with Gasteiger partial charge in [0.05, 0.1) is 31.1 Å². The summed E-state index contributed by atoms with van der Waals surface area (Å²) in [6, 6.07) is -4.06. The van der Waals surface area contributed by atoms with E-state index in [-0.39, 0.29) is 12.8 Å². The summed E-state index contributed by atoms with van der Waals surface area (Å²) in [4.78, 5) is 27.7. The molecule has 0 radical (unpaired) electrons. The van der Waals surface area contributed by atoms with Crippen molar-refractivity contribution in [3.8, 4) is 6.07 Å². The van der Waals surface area contributed by atoms with Crippen molar-refractivity contribution in [1.29, 1.82) is 5.26 Å². The summed E-state index contributed by atoms with van der Waals surface area (Å²) < 4.78 is 113. The van der Waals surface area contributed by atoms with E-state index in [1.165, 1.54) is 6.07 Å². The van der Waals surface area contributed by atoms with Crippen molar-refractivity contribution in [3.05, 3.63) is 59.0 Å². The molecule has 2 aromatic rings. The number of nitriles is 1. The first-order chi connectivity index (χ1) is 18.8. The minimum absolute atomic E-state index is 0.00633. The molecule has 2 amide bonds. The molecule has 0 unspecified atom stereocenters. The first kappa shape index (κ1) is 13.2. The topological polar surface area (TPSA) is 76.4 Å². The van der Waals surface area contributed by atoms with Crippen LogP contribution in [0.5, 0.6) is 0 Å². The van der Waals surface area contributed by atoms with Crippen LogP contribution in [-0.4, -0.2) is 29.4 Å². The summed E-state index contributed by atoms with van der Waals surface area (Å²) >= 11 is 5.41. The third-order valence-corrected chi connectivity index (χ3v) is 5.63. The normalized spacial score (nSPS) is 21.8. The van der Waals surface area contributed by atoms with Gasteiger partial charge in [-0.3, -0.25) is 14.5 Å². The van der Waals surface area contributed by atoms with E-state index in [0.29, 0.717) is 17.4 Å². The van der Waals surface area contributed by atoms with Crippen LogP contribution >= 0.6 is 12.2 Å². The van der Waals surface area contributed by atoms with Crippen molar-refractivity contribution in [2.45, 2.75) is 31.0 Å². The highest BCUT2D eigenvalue weighted by Gasteiger charge is 2.59. The van der Waals surface area contributed by atoms with Gasteiger partial charge < -0.3 is 10.2 Å². The average molecular weight is 468 g/mol. The van der Waals surface area contributed by atoms with Crippen LogP contribution in [0.15, 0.2) is 42.3 Å². The number of nitrogens with zero attached hydrogens (tertiary/aromatic N) is 3. The molecule has 1 saturated carbocycles. The predicted molar refractivity (Wildman–Crippen MR) is 115 cm³/mol. The lowest BCUT2D eigenvalue weighted by Crippen LogP contribution is -2.55. The van der Waals surface area contributed by atoms with Crippen molar-refractivity contribution in [2.75, 3.05) is 16.8 Å². The maximum atomic E-state index is 13.8. The SMILES string of the molecule is [2H]c1cc(C#N)c(C(F)(F)F)c([2H])c1N1C(=O)C2(CCC2)N(c2c([2H])c([2H])c(C(=O)NC([2H])([2H])[2H])c([2H])c2[2H])C1=S. The van der Waals surface area contributed by atoms with Gasteiger partial charge in [-0.15, -0.1) is 0 Å². The Morgan fingerprint density at radius 1 is 1.28 bits per heavy atom. The van der Waals surface area contributed by atoms with Gasteiger partial charge in [0, 0.05) is 22.3 Å². The molecule has 0 aromatic heterocycles. The number of rotatable bonds is 3. The smallest absolute Gasteiger partial charge is 0.355 e. The van der Waals surface area contributed by atoms with Crippen LogP contribution in [0.25, 0.3) is 0 Å². The van der Waals surface area contributed by atoms with Crippen LogP contribution in [0.1, 0.15) is 53.1 Å². The molecule has 2 aromatic carbocycles. The lowest BCUT2D eigenvalue weighted by molar-refractivity contribution is -0.137. The van der Waals surface area contributed by atoms with Gasteiger partial charge >= 0.3 is 6.18 Å². The van der Waals surface area contributed by atoms with Crippen molar-refractivity contribution in [1.82, 2.24) is 5.32 Å². The first-order valence-corrected chi connectivity index (χ1v) is 9.44. The van der Waals surface area contributed by atoms with Crippen LogP contribution in [-0.2, 0) is 11.0 Å². The summed E-state index contributed by atoms with van der Waals surface area (Å²) in [6.07, 6.45) is -4.81. The van der Waals surface area contributed by atoms with Gasteiger partial charge in [0.15, 0.2) is 5.11 Å². The van der Waals surface area contributed by atoms with Crippen LogP contribution in [0.2, 0.25) is 0 Å². The number of alkyl halides is 3. The maximum Gasteiger partial charge on any atom is 0.417 e. The largest absolute Gasteiger partial charge is 0.417 e. The van der Waals surface area contributed by atoms with E-state index < -0.39 is 99.9 Å². The van der Waals surface area contributed by atoms with Crippen LogP contribution in [0.3, 0.4) is 0 Å². The number of thiocarbonyl (C=S) groups is 1. The third-order valence-electron chi connectivity index (χ3n) is 5.26. The number of hydrogen-bond acceptors (Lipinski definition) is 4. The Hall–Kier alpha value is -3.45. The molecule has 32 heavy (non-hydrogen) atoms. The number of amides is 2. The lowest BCUT2D eigenvalue weighted by atomic mass is 9.75.